The van der Waals surface area contributed by atoms with E-state index in [-0.39, 0.29) is 4.83 Å². The summed E-state index contributed by atoms with van der Waals surface area (Å²) in [5.74, 6) is 0.753. The van der Waals surface area contributed by atoms with Gasteiger partial charge in [-0.15, -0.1) is 0 Å². The Morgan fingerprint density at radius 2 is 2.23 bits per heavy atom. The van der Waals surface area contributed by atoms with Crippen LogP contribution in [0.3, 0.4) is 0 Å². The molecule has 0 aromatic heterocycles. The zero-order valence-electron chi connectivity index (χ0n) is 7.54. The smallest absolute Gasteiger partial charge is 0.130 e. The monoisotopic (exact) mass is 239 g/mol. The lowest BCUT2D eigenvalue weighted by Gasteiger charge is -2.11. The summed E-state index contributed by atoms with van der Waals surface area (Å²) in [6.07, 6.45) is 0. The molecule has 0 spiro atoms. The Bertz CT molecular complexity index is 343. The number of rotatable bonds is 2. The van der Waals surface area contributed by atoms with Gasteiger partial charge in [0.05, 0.1) is 13.2 Å². The van der Waals surface area contributed by atoms with Crippen LogP contribution in [0.1, 0.15) is 16.0 Å². The molecule has 0 aliphatic rings. The van der Waals surface area contributed by atoms with Crippen LogP contribution in [0.2, 0.25) is 0 Å². The van der Waals surface area contributed by atoms with Crippen molar-refractivity contribution in [3.8, 4) is 11.8 Å². The van der Waals surface area contributed by atoms with E-state index in [2.05, 4.69) is 22.0 Å². The highest BCUT2D eigenvalue weighted by Crippen LogP contribution is 2.32. The molecule has 0 N–H and O–H groups in total. The molecule has 2 nitrogen and oxygen atoms in total. The molecule has 3 heteroatoms. The van der Waals surface area contributed by atoms with Crippen molar-refractivity contribution in [1.29, 1.82) is 5.26 Å². The number of alkyl halides is 1. The fraction of sp³-hybridized carbons (Fsp3) is 0.300. The van der Waals surface area contributed by atoms with Gasteiger partial charge in [0.1, 0.15) is 10.6 Å². The summed E-state index contributed by atoms with van der Waals surface area (Å²) in [7, 11) is 1.61. The van der Waals surface area contributed by atoms with Crippen molar-refractivity contribution in [2.75, 3.05) is 7.11 Å². The summed E-state index contributed by atoms with van der Waals surface area (Å²) < 4.78 is 5.17. The first-order valence-corrected chi connectivity index (χ1v) is 4.79. The predicted molar refractivity (Wildman–Crippen MR) is 55.0 cm³/mol. The third kappa shape index (κ3) is 2.02. The fourth-order valence-electron chi connectivity index (χ4n) is 1.22. The molecular weight excluding hydrogens is 230 g/mol. The average molecular weight is 240 g/mol. The first-order chi connectivity index (χ1) is 6.20. The topological polar surface area (TPSA) is 33.0 Å². The van der Waals surface area contributed by atoms with E-state index in [9.17, 15) is 0 Å². The maximum Gasteiger partial charge on any atom is 0.130 e. The Morgan fingerprint density at radius 1 is 1.54 bits per heavy atom. The van der Waals surface area contributed by atoms with Gasteiger partial charge in [-0.3, -0.25) is 0 Å². The van der Waals surface area contributed by atoms with Crippen molar-refractivity contribution in [3.63, 3.8) is 0 Å². The third-order valence-electron chi connectivity index (χ3n) is 1.87. The van der Waals surface area contributed by atoms with E-state index in [4.69, 9.17) is 10.00 Å². The van der Waals surface area contributed by atoms with Gasteiger partial charge in [-0.25, -0.2) is 0 Å². The second kappa shape index (κ2) is 4.29. The lowest BCUT2D eigenvalue weighted by molar-refractivity contribution is 0.410. The molecule has 0 aliphatic carbocycles. The number of hydrogen-bond donors (Lipinski definition) is 0. The van der Waals surface area contributed by atoms with E-state index in [0.717, 1.165) is 16.9 Å². The Labute approximate surface area is 86.3 Å². The molecule has 0 saturated carbocycles. The maximum atomic E-state index is 8.78. The summed E-state index contributed by atoms with van der Waals surface area (Å²) in [6.45, 7) is 1.96. The number of aryl methyl sites for hydroxylation is 1. The van der Waals surface area contributed by atoms with Crippen LogP contribution >= 0.6 is 15.9 Å². The van der Waals surface area contributed by atoms with Crippen LogP contribution in [0, 0.1) is 18.3 Å². The van der Waals surface area contributed by atoms with Crippen LogP contribution in [0.15, 0.2) is 18.2 Å². The molecule has 1 aromatic rings. The molecule has 0 heterocycles. The summed E-state index contributed by atoms with van der Waals surface area (Å²) in [5.41, 5.74) is 1.97. The molecule has 0 amide bonds. The Kier molecular flexibility index (Phi) is 3.32. The SMILES string of the molecule is COc1cccc(C)c1C(Br)C#N. The van der Waals surface area contributed by atoms with E-state index in [1.165, 1.54) is 0 Å². The van der Waals surface area contributed by atoms with E-state index >= 15 is 0 Å². The number of methoxy groups -OCH3 is 1. The zero-order chi connectivity index (χ0) is 9.84. The average Bonchev–Trinajstić information content (AvgIpc) is 2.16. The molecule has 1 unspecified atom stereocenters. The molecular formula is C10H10BrNO. The normalized spacial score (nSPS) is 11.8. The van der Waals surface area contributed by atoms with E-state index in [1.54, 1.807) is 7.11 Å². The van der Waals surface area contributed by atoms with Crippen molar-refractivity contribution in [2.45, 2.75) is 11.8 Å². The number of hydrogen-bond acceptors (Lipinski definition) is 2. The minimum absolute atomic E-state index is 0.302. The quantitative estimate of drug-likeness (QED) is 0.744. The standard InChI is InChI=1S/C10H10BrNO/c1-7-4-3-5-9(13-2)10(7)8(11)6-12/h3-5,8H,1-2H3. The largest absolute Gasteiger partial charge is 0.496 e. The van der Waals surface area contributed by atoms with Gasteiger partial charge in [0.25, 0.3) is 0 Å². The van der Waals surface area contributed by atoms with Crippen LogP contribution in [-0.4, -0.2) is 7.11 Å². The van der Waals surface area contributed by atoms with Gasteiger partial charge in [-0.05, 0) is 18.6 Å². The van der Waals surface area contributed by atoms with Gasteiger partial charge >= 0.3 is 0 Å². The van der Waals surface area contributed by atoms with Crippen LogP contribution < -0.4 is 4.74 Å². The lowest BCUT2D eigenvalue weighted by Crippen LogP contribution is -1.96. The van der Waals surface area contributed by atoms with Crippen molar-refractivity contribution >= 4 is 15.9 Å². The minimum Gasteiger partial charge on any atom is -0.496 e. The maximum absolute atomic E-state index is 8.78. The van der Waals surface area contributed by atoms with Gasteiger partial charge in [0, 0.05) is 5.56 Å². The first kappa shape index (κ1) is 10.1. The second-order valence-corrected chi connectivity index (χ2v) is 3.60. The van der Waals surface area contributed by atoms with Crippen LogP contribution in [0.4, 0.5) is 0 Å². The number of halogens is 1. The number of benzene rings is 1. The first-order valence-electron chi connectivity index (χ1n) is 3.88. The number of nitrogens with zero attached hydrogens (tertiary/aromatic N) is 1. The van der Waals surface area contributed by atoms with E-state index < -0.39 is 0 Å². The molecule has 0 radical (unpaired) electrons. The van der Waals surface area contributed by atoms with Crippen molar-refractivity contribution in [3.05, 3.63) is 29.3 Å². The molecule has 1 aromatic carbocycles. The number of nitriles is 1. The molecule has 13 heavy (non-hydrogen) atoms. The van der Waals surface area contributed by atoms with E-state index in [0.29, 0.717) is 0 Å². The highest BCUT2D eigenvalue weighted by atomic mass is 79.9. The third-order valence-corrected chi connectivity index (χ3v) is 2.53. The van der Waals surface area contributed by atoms with Gasteiger partial charge in [0.15, 0.2) is 0 Å². The van der Waals surface area contributed by atoms with E-state index in [1.807, 2.05) is 25.1 Å². The van der Waals surface area contributed by atoms with Crippen LogP contribution in [-0.2, 0) is 0 Å². The predicted octanol–water partition coefficient (Wildman–Crippen LogP) is 2.96. The zero-order valence-corrected chi connectivity index (χ0v) is 9.13. The van der Waals surface area contributed by atoms with Crippen LogP contribution in [0.25, 0.3) is 0 Å². The van der Waals surface area contributed by atoms with Crippen molar-refractivity contribution in [2.24, 2.45) is 0 Å². The summed E-state index contributed by atoms with van der Waals surface area (Å²) in [4.78, 5) is -0.302. The summed E-state index contributed by atoms with van der Waals surface area (Å²) in [6, 6.07) is 7.86. The van der Waals surface area contributed by atoms with Crippen LogP contribution in [0.5, 0.6) is 5.75 Å². The summed E-state index contributed by atoms with van der Waals surface area (Å²) >= 11 is 3.29. The van der Waals surface area contributed by atoms with Gasteiger partial charge in [-0.2, -0.15) is 5.26 Å². The van der Waals surface area contributed by atoms with Gasteiger partial charge in [-0.1, -0.05) is 28.1 Å². The van der Waals surface area contributed by atoms with Gasteiger partial charge < -0.3 is 4.74 Å². The second-order valence-electron chi connectivity index (χ2n) is 2.68. The minimum atomic E-state index is -0.302. The molecule has 1 rings (SSSR count). The molecule has 0 aliphatic heterocycles. The Hall–Kier alpha value is -1.01. The molecule has 0 bridgehead atoms. The fourth-order valence-corrected chi connectivity index (χ4v) is 1.81. The van der Waals surface area contributed by atoms with Crippen molar-refractivity contribution < 1.29 is 4.74 Å². The highest BCUT2D eigenvalue weighted by molar-refractivity contribution is 9.09. The molecule has 1 atom stereocenters. The molecule has 0 saturated heterocycles. The Balaban J connectivity index is 3.24. The highest BCUT2D eigenvalue weighted by Gasteiger charge is 2.14. The lowest BCUT2D eigenvalue weighted by atomic mass is 10.1. The Morgan fingerprint density at radius 3 is 2.77 bits per heavy atom. The van der Waals surface area contributed by atoms with Crippen molar-refractivity contribution in [1.82, 2.24) is 0 Å². The van der Waals surface area contributed by atoms with Gasteiger partial charge in [0.2, 0.25) is 0 Å². The molecule has 68 valence electrons. The molecule has 0 fully saturated rings. The number of ether oxygens (including phenoxy) is 1. The summed E-state index contributed by atoms with van der Waals surface area (Å²) in [5, 5.41) is 8.78.